The van der Waals surface area contributed by atoms with E-state index in [9.17, 15) is 0 Å². The molecule has 0 saturated heterocycles. The first kappa shape index (κ1) is 10.3. The topological polar surface area (TPSA) is 30.7 Å². The highest BCUT2D eigenvalue weighted by Gasteiger charge is 2.23. The van der Waals surface area contributed by atoms with E-state index >= 15 is 0 Å². The van der Waals surface area contributed by atoms with Gasteiger partial charge in [-0.3, -0.25) is 0 Å². The largest absolute Gasteiger partial charge is 0.315 e. The third-order valence-corrected chi connectivity index (χ3v) is 4.11. The van der Waals surface area contributed by atoms with Crippen LogP contribution in [0.25, 0.3) is 0 Å². The van der Waals surface area contributed by atoms with Gasteiger partial charge in [0.05, 0.1) is 0 Å². The van der Waals surface area contributed by atoms with Crippen molar-refractivity contribution < 1.29 is 0 Å². The van der Waals surface area contributed by atoms with E-state index in [1.54, 1.807) is 0 Å². The summed E-state index contributed by atoms with van der Waals surface area (Å²) >= 11 is 0. The van der Waals surface area contributed by atoms with E-state index in [1.807, 2.05) is 0 Å². The highest BCUT2D eigenvalue weighted by atomic mass is 15.3. The maximum atomic E-state index is 4.48. The van der Waals surface area contributed by atoms with Crippen LogP contribution in [0.15, 0.2) is 0 Å². The molecule has 1 saturated carbocycles. The smallest absolute Gasteiger partial charge is 0.136 e. The molecule has 1 aromatic rings. The maximum Gasteiger partial charge on any atom is 0.136 e. The van der Waals surface area contributed by atoms with Crippen LogP contribution in [0.2, 0.25) is 0 Å². The molecule has 16 heavy (non-hydrogen) atoms. The third-order valence-electron chi connectivity index (χ3n) is 4.11. The van der Waals surface area contributed by atoms with Gasteiger partial charge in [0.2, 0.25) is 0 Å². The van der Waals surface area contributed by atoms with E-state index in [0.717, 1.165) is 13.0 Å². The van der Waals surface area contributed by atoms with Crippen molar-refractivity contribution in [2.45, 2.75) is 70.3 Å². The summed E-state index contributed by atoms with van der Waals surface area (Å²) in [5.74, 6) is 3.25. The molecule has 2 aliphatic rings. The van der Waals surface area contributed by atoms with Crippen LogP contribution in [0.1, 0.15) is 68.9 Å². The van der Waals surface area contributed by atoms with Crippen molar-refractivity contribution in [1.29, 1.82) is 0 Å². The quantitative estimate of drug-likeness (QED) is 0.726. The van der Waals surface area contributed by atoms with E-state index in [0.29, 0.717) is 5.92 Å². The molecule has 0 aromatic carbocycles. The van der Waals surface area contributed by atoms with E-state index < -0.39 is 0 Å². The summed E-state index contributed by atoms with van der Waals surface area (Å²) in [6, 6.07) is 0. The Morgan fingerprint density at radius 1 is 0.875 bits per heavy atom. The van der Waals surface area contributed by atoms with E-state index in [4.69, 9.17) is 0 Å². The lowest BCUT2D eigenvalue weighted by molar-refractivity contribution is 0.412. The molecule has 2 heterocycles. The van der Waals surface area contributed by atoms with Crippen LogP contribution >= 0.6 is 0 Å². The van der Waals surface area contributed by atoms with Gasteiger partial charge in [0.15, 0.2) is 0 Å². The Balaban J connectivity index is 1.86. The molecule has 1 aliphatic heterocycles. The van der Waals surface area contributed by atoms with Crippen molar-refractivity contribution in [2.24, 2.45) is 0 Å². The summed E-state index contributed by atoms with van der Waals surface area (Å²) in [6.07, 6.45) is 11.9. The predicted molar refractivity (Wildman–Crippen MR) is 63.4 cm³/mol. The average Bonchev–Trinajstić information content (AvgIpc) is 2.60. The summed E-state index contributed by atoms with van der Waals surface area (Å²) in [6.45, 7) is 1.16. The second-order valence-corrected chi connectivity index (χ2v) is 5.27. The number of aryl methyl sites for hydroxylation is 1. The zero-order chi connectivity index (χ0) is 10.8. The van der Waals surface area contributed by atoms with Gasteiger partial charge in [0, 0.05) is 18.9 Å². The summed E-state index contributed by atoms with van der Waals surface area (Å²) < 4.78 is 2.43. The minimum atomic E-state index is 0.702. The van der Waals surface area contributed by atoms with Crippen molar-refractivity contribution in [2.75, 3.05) is 0 Å². The summed E-state index contributed by atoms with van der Waals surface area (Å²) in [7, 11) is 0. The summed E-state index contributed by atoms with van der Waals surface area (Å²) in [5.41, 5.74) is 0. The Morgan fingerprint density at radius 3 is 2.56 bits per heavy atom. The molecule has 0 atom stereocenters. The fourth-order valence-corrected chi connectivity index (χ4v) is 3.17. The van der Waals surface area contributed by atoms with Gasteiger partial charge in [-0.1, -0.05) is 25.7 Å². The van der Waals surface area contributed by atoms with Crippen LogP contribution < -0.4 is 0 Å². The first-order valence-electron chi connectivity index (χ1n) is 6.87. The molecule has 1 aliphatic carbocycles. The molecule has 0 N–H and O–H groups in total. The van der Waals surface area contributed by atoms with Gasteiger partial charge >= 0.3 is 0 Å². The number of hydrogen-bond donors (Lipinski definition) is 0. The second kappa shape index (κ2) is 4.56. The molecule has 3 rings (SSSR count). The zero-order valence-electron chi connectivity index (χ0n) is 9.99. The molecule has 0 radical (unpaired) electrons. The van der Waals surface area contributed by atoms with Crippen LogP contribution in [0.3, 0.4) is 0 Å². The summed E-state index contributed by atoms with van der Waals surface area (Å²) in [4.78, 5) is 0. The average molecular weight is 219 g/mol. The SMILES string of the molecule is C1CCC(c2nnc3n2CCCCC3)CC1. The lowest BCUT2D eigenvalue weighted by Gasteiger charge is -2.21. The Morgan fingerprint density at radius 2 is 1.69 bits per heavy atom. The first-order valence-corrected chi connectivity index (χ1v) is 6.87. The maximum absolute atomic E-state index is 4.48. The van der Waals surface area contributed by atoms with Crippen LogP contribution in [-0.4, -0.2) is 14.8 Å². The van der Waals surface area contributed by atoms with Crippen molar-refractivity contribution in [1.82, 2.24) is 14.8 Å². The van der Waals surface area contributed by atoms with Gasteiger partial charge in [0.25, 0.3) is 0 Å². The monoisotopic (exact) mass is 219 g/mol. The minimum Gasteiger partial charge on any atom is -0.315 e. The minimum absolute atomic E-state index is 0.702. The molecule has 3 nitrogen and oxygen atoms in total. The molecule has 88 valence electrons. The Bertz CT molecular complexity index is 350. The lowest BCUT2D eigenvalue weighted by Crippen LogP contribution is -2.13. The van der Waals surface area contributed by atoms with Gasteiger partial charge in [-0.15, -0.1) is 10.2 Å². The van der Waals surface area contributed by atoms with Crippen molar-refractivity contribution in [3.8, 4) is 0 Å². The van der Waals surface area contributed by atoms with Gasteiger partial charge < -0.3 is 4.57 Å². The standard InChI is InChI=1S/C13H21N3/c1-3-7-11(8-4-1)13-15-14-12-9-5-2-6-10-16(12)13/h11H,1-10H2. The normalized spacial score (nSPS) is 22.8. The number of nitrogens with zero attached hydrogens (tertiary/aromatic N) is 3. The number of hydrogen-bond acceptors (Lipinski definition) is 2. The summed E-state index contributed by atoms with van der Waals surface area (Å²) in [5, 5.41) is 8.88. The van der Waals surface area contributed by atoms with Crippen molar-refractivity contribution >= 4 is 0 Å². The van der Waals surface area contributed by atoms with Gasteiger partial charge in [0.1, 0.15) is 11.6 Å². The van der Waals surface area contributed by atoms with Crippen molar-refractivity contribution in [3.05, 3.63) is 11.6 Å². The Hall–Kier alpha value is -0.860. The van der Waals surface area contributed by atoms with E-state index in [-0.39, 0.29) is 0 Å². The van der Waals surface area contributed by atoms with Crippen molar-refractivity contribution in [3.63, 3.8) is 0 Å². The number of fused-ring (bicyclic) bond motifs is 1. The lowest BCUT2D eigenvalue weighted by atomic mass is 9.88. The fraction of sp³-hybridized carbons (Fsp3) is 0.846. The molecular formula is C13H21N3. The van der Waals surface area contributed by atoms with Crippen LogP contribution in [0, 0.1) is 0 Å². The van der Waals surface area contributed by atoms with Gasteiger partial charge in [-0.25, -0.2) is 0 Å². The van der Waals surface area contributed by atoms with Gasteiger partial charge in [-0.05, 0) is 25.7 Å². The van der Waals surface area contributed by atoms with Crippen LogP contribution in [0.4, 0.5) is 0 Å². The molecule has 1 aromatic heterocycles. The third kappa shape index (κ3) is 1.87. The zero-order valence-corrected chi connectivity index (χ0v) is 9.99. The highest BCUT2D eigenvalue weighted by molar-refractivity contribution is 5.04. The van der Waals surface area contributed by atoms with E-state index in [2.05, 4.69) is 14.8 Å². The predicted octanol–water partition coefficient (Wildman–Crippen LogP) is 3.05. The van der Waals surface area contributed by atoms with Gasteiger partial charge in [-0.2, -0.15) is 0 Å². The van der Waals surface area contributed by atoms with E-state index in [1.165, 1.54) is 63.0 Å². The molecule has 3 heteroatoms. The van der Waals surface area contributed by atoms with Crippen LogP contribution in [0.5, 0.6) is 0 Å². The highest BCUT2D eigenvalue weighted by Crippen LogP contribution is 2.32. The Labute approximate surface area is 97.3 Å². The fourth-order valence-electron chi connectivity index (χ4n) is 3.17. The first-order chi connectivity index (χ1) is 7.95. The number of rotatable bonds is 1. The van der Waals surface area contributed by atoms with Crippen LogP contribution in [-0.2, 0) is 13.0 Å². The Kier molecular flexibility index (Phi) is 2.94. The molecule has 0 unspecified atom stereocenters. The molecule has 0 spiro atoms. The molecule has 0 bridgehead atoms. The molecular weight excluding hydrogens is 198 g/mol. The molecule has 1 fully saturated rings. The number of aromatic nitrogens is 3. The molecule has 0 amide bonds. The second-order valence-electron chi connectivity index (χ2n) is 5.27.